The number of esters is 1. The highest BCUT2D eigenvalue weighted by Crippen LogP contribution is 2.25. The van der Waals surface area contributed by atoms with Gasteiger partial charge in [-0.25, -0.2) is 4.79 Å². The average molecular weight is 371 g/mol. The van der Waals surface area contributed by atoms with Crippen molar-refractivity contribution >= 4 is 28.5 Å². The largest absolute Gasteiger partial charge is 0.463 e. The minimum absolute atomic E-state index is 0.162. The zero-order valence-corrected chi connectivity index (χ0v) is 14.5. The lowest BCUT2D eigenvalue weighted by molar-refractivity contribution is -0.144. The molecule has 2 heterocycles. The second-order valence-corrected chi connectivity index (χ2v) is 6.50. The predicted molar refractivity (Wildman–Crippen MR) is 97.5 cm³/mol. The molecule has 0 spiro atoms. The van der Waals surface area contributed by atoms with Crippen LogP contribution in [-0.4, -0.2) is 18.7 Å². The molecule has 0 aliphatic carbocycles. The summed E-state index contributed by atoms with van der Waals surface area (Å²) < 4.78 is 16.2. The van der Waals surface area contributed by atoms with Gasteiger partial charge in [0.15, 0.2) is 11.5 Å². The van der Waals surface area contributed by atoms with Crippen LogP contribution in [0.15, 0.2) is 57.9 Å². The summed E-state index contributed by atoms with van der Waals surface area (Å²) in [6, 6.07) is 11.7. The van der Waals surface area contributed by atoms with Gasteiger partial charge in [0.05, 0.1) is 10.9 Å². The SMILES string of the molecule is O=C(Oc1ccc2c(=O)c(-c3ccc(Cl)cc3)coc2c1)C1CCCO1. The summed E-state index contributed by atoms with van der Waals surface area (Å²) in [5, 5.41) is 1.01. The molecule has 6 heteroatoms. The van der Waals surface area contributed by atoms with Crippen molar-refractivity contribution in [2.24, 2.45) is 0 Å². The van der Waals surface area contributed by atoms with E-state index in [9.17, 15) is 9.59 Å². The Balaban J connectivity index is 1.65. The highest BCUT2D eigenvalue weighted by molar-refractivity contribution is 6.30. The fraction of sp³-hybridized carbons (Fsp3) is 0.200. The molecule has 1 aliphatic heterocycles. The number of hydrogen-bond donors (Lipinski definition) is 0. The van der Waals surface area contributed by atoms with E-state index in [-0.39, 0.29) is 5.43 Å². The summed E-state index contributed by atoms with van der Waals surface area (Å²) in [5.74, 6) is -0.109. The van der Waals surface area contributed by atoms with E-state index in [2.05, 4.69) is 0 Å². The number of ether oxygens (including phenoxy) is 2. The van der Waals surface area contributed by atoms with Crippen LogP contribution in [0.25, 0.3) is 22.1 Å². The van der Waals surface area contributed by atoms with Gasteiger partial charge in [-0.1, -0.05) is 23.7 Å². The number of carbonyl (C=O) groups is 1. The highest BCUT2D eigenvalue weighted by Gasteiger charge is 2.25. The first-order chi connectivity index (χ1) is 12.6. The van der Waals surface area contributed by atoms with E-state index in [0.717, 1.165) is 12.0 Å². The van der Waals surface area contributed by atoms with Gasteiger partial charge in [0.2, 0.25) is 0 Å². The molecule has 0 saturated carbocycles. The third-order valence-electron chi connectivity index (χ3n) is 4.31. The number of rotatable bonds is 3. The molecule has 132 valence electrons. The van der Waals surface area contributed by atoms with Gasteiger partial charge in [0.1, 0.15) is 17.6 Å². The molecule has 1 fully saturated rings. The second-order valence-electron chi connectivity index (χ2n) is 6.07. The van der Waals surface area contributed by atoms with E-state index in [1.807, 2.05) is 0 Å². The molecular formula is C20H15ClO5. The first-order valence-corrected chi connectivity index (χ1v) is 8.64. The molecule has 5 nitrogen and oxygen atoms in total. The van der Waals surface area contributed by atoms with Crippen LogP contribution in [-0.2, 0) is 9.53 Å². The molecule has 0 N–H and O–H groups in total. The third-order valence-corrected chi connectivity index (χ3v) is 4.56. The zero-order valence-electron chi connectivity index (χ0n) is 13.7. The maximum Gasteiger partial charge on any atom is 0.340 e. The molecule has 26 heavy (non-hydrogen) atoms. The van der Waals surface area contributed by atoms with E-state index in [4.69, 9.17) is 25.5 Å². The molecule has 1 saturated heterocycles. The number of benzene rings is 2. The highest BCUT2D eigenvalue weighted by atomic mass is 35.5. The van der Waals surface area contributed by atoms with E-state index in [0.29, 0.717) is 40.3 Å². The summed E-state index contributed by atoms with van der Waals surface area (Å²) in [7, 11) is 0. The number of carbonyl (C=O) groups excluding carboxylic acids is 1. The minimum atomic E-state index is -0.523. The normalized spacial score (nSPS) is 16.7. The van der Waals surface area contributed by atoms with Crippen molar-refractivity contribution in [1.29, 1.82) is 0 Å². The monoisotopic (exact) mass is 370 g/mol. The average Bonchev–Trinajstić information content (AvgIpc) is 3.18. The molecule has 0 amide bonds. The van der Waals surface area contributed by atoms with Crippen LogP contribution in [0.4, 0.5) is 0 Å². The van der Waals surface area contributed by atoms with E-state index >= 15 is 0 Å². The van der Waals surface area contributed by atoms with Crippen LogP contribution >= 0.6 is 11.6 Å². The van der Waals surface area contributed by atoms with Crippen molar-refractivity contribution in [3.05, 3.63) is 64.0 Å². The Morgan fingerprint density at radius 3 is 2.69 bits per heavy atom. The van der Waals surface area contributed by atoms with E-state index in [1.165, 1.54) is 12.3 Å². The van der Waals surface area contributed by atoms with E-state index < -0.39 is 12.1 Å². The fourth-order valence-electron chi connectivity index (χ4n) is 2.95. The van der Waals surface area contributed by atoms with Crippen molar-refractivity contribution in [3.63, 3.8) is 0 Å². The van der Waals surface area contributed by atoms with Gasteiger partial charge in [0.25, 0.3) is 0 Å². The molecule has 2 aromatic carbocycles. The molecule has 1 atom stereocenters. The molecule has 4 rings (SSSR count). The van der Waals surface area contributed by atoms with Gasteiger partial charge >= 0.3 is 5.97 Å². The summed E-state index contributed by atoms with van der Waals surface area (Å²) in [5.41, 5.74) is 1.35. The Morgan fingerprint density at radius 2 is 1.96 bits per heavy atom. The number of fused-ring (bicyclic) bond motifs is 1. The van der Waals surface area contributed by atoms with Crippen molar-refractivity contribution in [2.75, 3.05) is 6.61 Å². The quantitative estimate of drug-likeness (QED) is 0.510. The Morgan fingerprint density at radius 1 is 1.15 bits per heavy atom. The number of hydrogen-bond acceptors (Lipinski definition) is 5. The molecule has 3 aromatic rings. The molecule has 1 unspecified atom stereocenters. The third kappa shape index (κ3) is 3.23. The molecular weight excluding hydrogens is 356 g/mol. The molecule has 1 aromatic heterocycles. The fourth-order valence-corrected chi connectivity index (χ4v) is 3.07. The zero-order chi connectivity index (χ0) is 18.1. The maximum absolute atomic E-state index is 12.7. The van der Waals surface area contributed by atoms with Gasteiger partial charge in [-0.05, 0) is 42.7 Å². The predicted octanol–water partition coefficient (Wildman–Crippen LogP) is 4.20. The molecule has 0 bridgehead atoms. The summed E-state index contributed by atoms with van der Waals surface area (Å²) in [4.78, 5) is 24.8. The minimum Gasteiger partial charge on any atom is -0.463 e. The Hall–Kier alpha value is -2.63. The van der Waals surface area contributed by atoms with Crippen molar-refractivity contribution in [2.45, 2.75) is 18.9 Å². The Bertz CT molecular complexity index is 1020. The summed E-state index contributed by atoms with van der Waals surface area (Å²) >= 11 is 5.89. The van der Waals surface area contributed by atoms with E-state index in [1.54, 1.807) is 36.4 Å². The standard InChI is InChI=1S/C20H15ClO5/c21-13-5-3-12(4-6-13)16-11-25-18-10-14(7-8-15(18)19(16)22)26-20(23)17-2-1-9-24-17/h3-8,10-11,17H,1-2,9H2. The summed E-state index contributed by atoms with van der Waals surface area (Å²) in [6.07, 6.45) is 2.38. The van der Waals surface area contributed by atoms with Gasteiger partial charge < -0.3 is 13.9 Å². The van der Waals surface area contributed by atoms with Gasteiger partial charge in [-0.2, -0.15) is 0 Å². The lowest BCUT2D eigenvalue weighted by atomic mass is 10.1. The van der Waals surface area contributed by atoms with Crippen molar-refractivity contribution in [1.82, 2.24) is 0 Å². The van der Waals surface area contributed by atoms with Crippen LogP contribution in [0.5, 0.6) is 5.75 Å². The maximum atomic E-state index is 12.7. The molecule has 0 radical (unpaired) electrons. The van der Waals surface area contributed by atoms with Crippen LogP contribution < -0.4 is 10.2 Å². The lowest BCUT2D eigenvalue weighted by Crippen LogP contribution is -2.24. The van der Waals surface area contributed by atoms with Crippen LogP contribution in [0.1, 0.15) is 12.8 Å². The summed E-state index contributed by atoms with van der Waals surface area (Å²) in [6.45, 7) is 0.569. The lowest BCUT2D eigenvalue weighted by Gasteiger charge is -2.10. The van der Waals surface area contributed by atoms with Crippen LogP contribution in [0.3, 0.4) is 0 Å². The first-order valence-electron chi connectivity index (χ1n) is 8.26. The Labute approximate surface area is 154 Å². The first kappa shape index (κ1) is 16.8. The molecule has 1 aliphatic rings. The van der Waals surface area contributed by atoms with Crippen molar-refractivity contribution < 1.29 is 18.7 Å². The van der Waals surface area contributed by atoms with Gasteiger partial charge in [-0.15, -0.1) is 0 Å². The van der Waals surface area contributed by atoms with Crippen LogP contribution in [0, 0.1) is 0 Å². The smallest absolute Gasteiger partial charge is 0.340 e. The number of halogens is 1. The van der Waals surface area contributed by atoms with Gasteiger partial charge in [0, 0.05) is 17.7 Å². The van der Waals surface area contributed by atoms with Gasteiger partial charge in [-0.3, -0.25) is 4.79 Å². The van der Waals surface area contributed by atoms with Crippen LogP contribution in [0.2, 0.25) is 5.02 Å². The van der Waals surface area contributed by atoms with Crippen molar-refractivity contribution in [3.8, 4) is 16.9 Å². The Kier molecular flexibility index (Phi) is 4.49. The second kappa shape index (κ2) is 6.94. The topological polar surface area (TPSA) is 65.7 Å².